The number of hydrogen-bond acceptors (Lipinski definition) is 4. The van der Waals surface area contributed by atoms with Crippen LogP contribution in [0.3, 0.4) is 0 Å². The third-order valence-corrected chi connectivity index (χ3v) is 1.69. The molecule has 4 heteroatoms. The molecule has 1 aromatic carbocycles. The first-order chi connectivity index (χ1) is 6.76. The Bertz CT molecular complexity index is 319. The highest BCUT2D eigenvalue weighted by Crippen LogP contribution is 2.13. The molecule has 4 nitrogen and oxygen atoms in total. The molecule has 1 aromatic rings. The van der Waals surface area contributed by atoms with Crippen molar-refractivity contribution < 1.29 is 9.53 Å². The van der Waals surface area contributed by atoms with Crippen molar-refractivity contribution in [2.24, 2.45) is 5.18 Å². The lowest BCUT2D eigenvalue weighted by molar-refractivity contribution is -0.134. The van der Waals surface area contributed by atoms with E-state index < -0.39 is 0 Å². The van der Waals surface area contributed by atoms with E-state index in [0.29, 0.717) is 12.2 Å². The fraction of sp³-hybridized carbons (Fsp3) is 0.300. The molecular formula is C10H11NO3. The summed E-state index contributed by atoms with van der Waals surface area (Å²) in [7, 11) is 0. The number of carbonyl (C=O) groups excluding carboxylic acids is 1. The summed E-state index contributed by atoms with van der Waals surface area (Å²) in [6, 6.07) is 6.71. The highest BCUT2D eigenvalue weighted by molar-refractivity contribution is 5.71. The first kappa shape index (κ1) is 10.4. The zero-order valence-electron chi connectivity index (χ0n) is 7.90. The van der Waals surface area contributed by atoms with Gasteiger partial charge in [0.05, 0.1) is 0 Å². The van der Waals surface area contributed by atoms with E-state index in [1.165, 1.54) is 0 Å². The van der Waals surface area contributed by atoms with Crippen LogP contribution < -0.4 is 4.74 Å². The average Bonchev–Trinajstić information content (AvgIpc) is 2.21. The molecule has 0 aliphatic rings. The van der Waals surface area contributed by atoms with Crippen LogP contribution in [0.4, 0.5) is 0 Å². The Kier molecular flexibility index (Phi) is 3.79. The van der Waals surface area contributed by atoms with Crippen LogP contribution in [0.15, 0.2) is 29.4 Å². The van der Waals surface area contributed by atoms with Crippen LogP contribution in [0.5, 0.6) is 5.75 Å². The molecule has 0 aromatic heterocycles. The van der Waals surface area contributed by atoms with Crippen molar-refractivity contribution in [1.29, 1.82) is 0 Å². The third-order valence-electron chi connectivity index (χ3n) is 1.69. The molecule has 0 N–H and O–H groups in total. The highest BCUT2D eigenvalue weighted by atomic mass is 16.5. The minimum absolute atomic E-state index is 0.141. The molecule has 0 amide bonds. The average molecular weight is 193 g/mol. The standard InChI is InChI=1S/C10H11NO3/c1-2-10(12)14-9-5-3-8(4-6-9)7-11-13/h3-6H,2,7H2,1H3. The van der Waals surface area contributed by atoms with E-state index in [-0.39, 0.29) is 12.5 Å². The van der Waals surface area contributed by atoms with Gasteiger partial charge in [-0.25, -0.2) is 0 Å². The predicted molar refractivity (Wildman–Crippen MR) is 51.9 cm³/mol. The zero-order chi connectivity index (χ0) is 10.4. The van der Waals surface area contributed by atoms with Gasteiger partial charge in [0.15, 0.2) is 0 Å². The molecule has 74 valence electrons. The quantitative estimate of drug-likeness (QED) is 0.418. The summed E-state index contributed by atoms with van der Waals surface area (Å²) in [4.78, 5) is 20.8. The maximum absolute atomic E-state index is 10.9. The number of nitrogens with zero attached hydrogens (tertiary/aromatic N) is 1. The van der Waals surface area contributed by atoms with Gasteiger partial charge in [0.2, 0.25) is 0 Å². The van der Waals surface area contributed by atoms with Crippen LogP contribution in [0.2, 0.25) is 0 Å². The Labute approximate surface area is 81.9 Å². The molecule has 0 heterocycles. The Morgan fingerprint density at radius 1 is 1.36 bits per heavy atom. The Morgan fingerprint density at radius 2 is 2.00 bits per heavy atom. The van der Waals surface area contributed by atoms with Gasteiger partial charge >= 0.3 is 5.97 Å². The van der Waals surface area contributed by atoms with Gasteiger partial charge in [-0.2, -0.15) is 4.91 Å². The summed E-state index contributed by atoms with van der Waals surface area (Å²) < 4.78 is 4.95. The second-order valence-electron chi connectivity index (χ2n) is 2.76. The van der Waals surface area contributed by atoms with E-state index in [9.17, 15) is 9.70 Å². The minimum atomic E-state index is -0.272. The molecule has 0 aliphatic carbocycles. The Morgan fingerprint density at radius 3 is 2.50 bits per heavy atom. The topological polar surface area (TPSA) is 55.7 Å². The number of benzene rings is 1. The molecule has 0 aliphatic heterocycles. The van der Waals surface area contributed by atoms with Crippen LogP contribution in [0.25, 0.3) is 0 Å². The number of nitroso groups, excluding NO2 is 1. The SMILES string of the molecule is CCC(=O)Oc1ccc(CN=O)cc1. The van der Waals surface area contributed by atoms with Crippen molar-refractivity contribution in [1.82, 2.24) is 0 Å². The molecule has 0 saturated carbocycles. The van der Waals surface area contributed by atoms with Gasteiger partial charge in [-0.15, -0.1) is 0 Å². The predicted octanol–water partition coefficient (Wildman–Crippen LogP) is 2.27. The molecule has 0 saturated heterocycles. The third kappa shape index (κ3) is 2.97. The van der Waals surface area contributed by atoms with E-state index >= 15 is 0 Å². The lowest BCUT2D eigenvalue weighted by Crippen LogP contribution is -2.05. The summed E-state index contributed by atoms with van der Waals surface area (Å²) in [5, 5.41) is 2.75. The maximum Gasteiger partial charge on any atom is 0.310 e. The van der Waals surface area contributed by atoms with Crippen molar-refractivity contribution in [2.75, 3.05) is 0 Å². The van der Waals surface area contributed by atoms with Crippen molar-refractivity contribution >= 4 is 5.97 Å². The summed E-state index contributed by atoms with van der Waals surface area (Å²) >= 11 is 0. The molecule has 0 bridgehead atoms. The van der Waals surface area contributed by atoms with Crippen LogP contribution >= 0.6 is 0 Å². The van der Waals surface area contributed by atoms with Gasteiger partial charge in [0, 0.05) is 6.42 Å². The zero-order valence-corrected chi connectivity index (χ0v) is 7.90. The maximum atomic E-state index is 10.9. The number of esters is 1. The summed E-state index contributed by atoms with van der Waals surface area (Å²) in [6.45, 7) is 1.87. The first-order valence-electron chi connectivity index (χ1n) is 4.35. The second-order valence-corrected chi connectivity index (χ2v) is 2.76. The second kappa shape index (κ2) is 5.11. The van der Waals surface area contributed by atoms with Crippen LogP contribution in [0, 0.1) is 4.91 Å². The van der Waals surface area contributed by atoms with Crippen molar-refractivity contribution in [2.45, 2.75) is 19.9 Å². The van der Waals surface area contributed by atoms with Gasteiger partial charge in [-0.3, -0.25) is 4.79 Å². The van der Waals surface area contributed by atoms with Crippen LogP contribution in [-0.4, -0.2) is 5.97 Å². The number of ether oxygens (including phenoxy) is 1. The molecule has 0 unspecified atom stereocenters. The molecule has 0 atom stereocenters. The normalized spacial score (nSPS) is 9.50. The van der Waals surface area contributed by atoms with Gasteiger partial charge < -0.3 is 4.74 Å². The molecule has 0 spiro atoms. The minimum Gasteiger partial charge on any atom is -0.427 e. The van der Waals surface area contributed by atoms with Crippen molar-refractivity contribution in [3.63, 3.8) is 0 Å². The summed E-state index contributed by atoms with van der Waals surface area (Å²) in [5.74, 6) is 0.220. The highest BCUT2D eigenvalue weighted by Gasteiger charge is 2.00. The molecule has 0 radical (unpaired) electrons. The van der Waals surface area contributed by atoms with Crippen LogP contribution in [0.1, 0.15) is 18.9 Å². The van der Waals surface area contributed by atoms with E-state index in [1.807, 2.05) is 0 Å². The monoisotopic (exact) mass is 193 g/mol. The van der Waals surface area contributed by atoms with E-state index in [0.717, 1.165) is 5.56 Å². The fourth-order valence-electron chi connectivity index (χ4n) is 0.941. The molecular weight excluding hydrogens is 182 g/mol. The van der Waals surface area contributed by atoms with E-state index in [2.05, 4.69) is 5.18 Å². The van der Waals surface area contributed by atoms with Gasteiger partial charge in [-0.05, 0) is 17.7 Å². The number of hydrogen-bond donors (Lipinski definition) is 0. The lowest BCUT2D eigenvalue weighted by Gasteiger charge is -2.02. The first-order valence-corrected chi connectivity index (χ1v) is 4.35. The fourth-order valence-corrected chi connectivity index (χ4v) is 0.941. The van der Waals surface area contributed by atoms with Gasteiger partial charge in [0.1, 0.15) is 12.3 Å². The van der Waals surface area contributed by atoms with Crippen molar-refractivity contribution in [3.8, 4) is 5.75 Å². The lowest BCUT2D eigenvalue weighted by atomic mass is 10.2. The Hall–Kier alpha value is -1.71. The molecule has 14 heavy (non-hydrogen) atoms. The van der Waals surface area contributed by atoms with E-state index in [4.69, 9.17) is 4.74 Å². The van der Waals surface area contributed by atoms with Crippen LogP contribution in [-0.2, 0) is 11.3 Å². The molecule has 0 fully saturated rings. The van der Waals surface area contributed by atoms with E-state index in [1.54, 1.807) is 31.2 Å². The largest absolute Gasteiger partial charge is 0.427 e. The van der Waals surface area contributed by atoms with Gasteiger partial charge in [0.25, 0.3) is 0 Å². The Balaban J connectivity index is 2.63. The summed E-state index contributed by atoms with van der Waals surface area (Å²) in [5.41, 5.74) is 0.802. The van der Waals surface area contributed by atoms with Gasteiger partial charge in [-0.1, -0.05) is 24.2 Å². The smallest absolute Gasteiger partial charge is 0.310 e. The number of rotatable bonds is 4. The van der Waals surface area contributed by atoms with Crippen molar-refractivity contribution in [3.05, 3.63) is 34.7 Å². The summed E-state index contributed by atoms with van der Waals surface area (Å²) in [6.07, 6.45) is 0.345. The molecule has 1 rings (SSSR count). The number of carbonyl (C=O) groups is 1.